The molecule has 0 spiro atoms. The fraction of sp³-hybridized carbons (Fsp3) is 0.750. The molecule has 13 heavy (non-hydrogen) atoms. The van der Waals surface area contributed by atoms with E-state index < -0.39 is 0 Å². The van der Waals surface area contributed by atoms with Crippen LogP contribution in [-0.2, 0) is 0 Å². The monoisotopic (exact) mass is 199 g/mol. The van der Waals surface area contributed by atoms with Gasteiger partial charge < -0.3 is 10.3 Å². The number of hydrogen-bond acceptors (Lipinski definition) is 5. The van der Waals surface area contributed by atoms with E-state index in [1.165, 1.54) is 5.75 Å². The second-order valence-corrected chi connectivity index (χ2v) is 4.49. The minimum atomic E-state index is -0.157. The van der Waals surface area contributed by atoms with Crippen LogP contribution in [0.5, 0.6) is 0 Å². The molecule has 1 fully saturated rings. The molecule has 2 atom stereocenters. The summed E-state index contributed by atoms with van der Waals surface area (Å²) in [5.41, 5.74) is 5.62. The number of nitrogens with zero attached hydrogens (tertiary/aromatic N) is 2. The minimum absolute atomic E-state index is 0.157. The second-order valence-electron chi connectivity index (χ2n) is 3.34. The van der Waals surface area contributed by atoms with Crippen molar-refractivity contribution >= 4 is 11.8 Å². The van der Waals surface area contributed by atoms with E-state index in [0.29, 0.717) is 11.8 Å². The van der Waals surface area contributed by atoms with Gasteiger partial charge in [-0.25, -0.2) is 0 Å². The number of aromatic nitrogens is 2. The zero-order valence-corrected chi connectivity index (χ0v) is 8.38. The molecule has 1 aliphatic heterocycles. The largest absolute Gasteiger partial charge is 0.338 e. The van der Waals surface area contributed by atoms with Crippen LogP contribution in [0.4, 0.5) is 0 Å². The van der Waals surface area contributed by atoms with Crippen molar-refractivity contribution < 1.29 is 4.52 Å². The third-order valence-corrected chi connectivity index (χ3v) is 3.30. The Morgan fingerprint density at radius 1 is 1.69 bits per heavy atom. The van der Waals surface area contributed by atoms with Crippen molar-refractivity contribution in [1.29, 1.82) is 0 Å². The summed E-state index contributed by atoms with van der Waals surface area (Å²) in [6.45, 7) is 1.85. The summed E-state index contributed by atoms with van der Waals surface area (Å²) in [6, 6.07) is -0.157. The predicted octanol–water partition coefficient (Wildman–Crippen LogP) is 1.31. The van der Waals surface area contributed by atoms with E-state index in [1.54, 1.807) is 0 Å². The van der Waals surface area contributed by atoms with Gasteiger partial charge in [-0.1, -0.05) is 5.16 Å². The lowest BCUT2D eigenvalue weighted by atomic mass is 10.1. The second kappa shape index (κ2) is 3.67. The first-order chi connectivity index (χ1) is 6.27. The highest BCUT2D eigenvalue weighted by Gasteiger charge is 2.23. The molecule has 2 N–H and O–H groups in total. The molecule has 2 unspecified atom stereocenters. The smallest absolute Gasteiger partial charge is 0.243 e. The van der Waals surface area contributed by atoms with Crippen LogP contribution in [0.3, 0.4) is 0 Å². The number of rotatable bonds is 2. The van der Waals surface area contributed by atoms with Crippen LogP contribution < -0.4 is 5.73 Å². The van der Waals surface area contributed by atoms with Gasteiger partial charge >= 0.3 is 0 Å². The van der Waals surface area contributed by atoms with Gasteiger partial charge in [0.25, 0.3) is 0 Å². The molecule has 0 aromatic carbocycles. The van der Waals surface area contributed by atoms with E-state index in [9.17, 15) is 0 Å². The molecule has 0 radical (unpaired) electrons. The van der Waals surface area contributed by atoms with Crippen molar-refractivity contribution in [1.82, 2.24) is 10.1 Å². The Morgan fingerprint density at radius 2 is 2.54 bits per heavy atom. The van der Waals surface area contributed by atoms with Gasteiger partial charge in [0, 0.05) is 11.7 Å². The van der Waals surface area contributed by atoms with E-state index in [4.69, 9.17) is 10.3 Å². The van der Waals surface area contributed by atoms with Crippen LogP contribution in [-0.4, -0.2) is 21.6 Å². The highest BCUT2D eigenvalue weighted by molar-refractivity contribution is 7.99. The average Bonchev–Trinajstić information content (AvgIpc) is 2.75. The highest BCUT2D eigenvalue weighted by Crippen LogP contribution is 2.30. The van der Waals surface area contributed by atoms with E-state index >= 15 is 0 Å². The van der Waals surface area contributed by atoms with Gasteiger partial charge in [0.1, 0.15) is 0 Å². The maximum absolute atomic E-state index is 5.62. The molecule has 0 amide bonds. The molecule has 2 rings (SSSR count). The van der Waals surface area contributed by atoms with Gasteiger partial charge in [0.2, 0.25) is 5.89 Å². The van der Waals surface area contributed by atoms with Gasteiger partial charge in [-0.05, 0) is 19.1 Å². The third kappa shape index (κ3) is 1.86. The Morgan fingerprint density at radius 3 is 3.08 bits per heavy atom. The first-order valence-corrected chi connectivity index (χ1v) is 5.59. The molecule has 5 heteroatoms. The number of thioether (sulfide) groups is 1. The molecule has 0 aliphatic carbocycles. The summed E-state index contributed by atoms with van der Waals surface area (Å²) in [6.07, 6.45) is 1.16. The van der Waals surface area contributed by atoms with Crippen LogP contribution in [0.2, 0.25) is 0 Å². The third-order valence-electron chi connectivity index (χ3n) is 2.14. The zero-order valence-electron chi connectivity index (χ0n) is 7.56. The molecular formula is C8H13N3OS. The summed E-state index contributed by atoms with van der Waals surface area (Å²) in [5.74, 6) is 4.16. The molecule has 72 valence electrons. The quantitative estimate of drug-likeness (QED) is 0.778. The first-order valence-electron chi connectivity index (χ1n) is 4.44. The molecule has 1 aromatic rings. The van der Waals surface area contributed by atoms with Crippen molar-refractivity contribution in [3.63, 3.8) is 0 Å². The highest BCUT2D eigenvalue weighted by atomic mass is 32.2. The maximum Gasteiger partial charge on any atom is 0.243 e. The van der Waals surface area contributed by atoms with E-state index in [0.717, 1.165) is 18.0 Å². The van der Waals surface area contributed by atoms with Crippen molar-refractivity contribution in [2.24, 2.45) is 5.73 Å². The van der Waals surface area contributed by atoms with Gasteiger partial charge in [0.15, 0.2) is 5.82 Å². The van der Waals surface area contributed by atoms with Crippen molar-refractivity contribution in [3.8, 4) is 0 Å². The maximum atomic E-state index is 5.62. The molecule has 0 saturated carbocycles. The van der Waals surface area contributed by atoms with E-state index in [1.807, 2.05) is 18.7 Å². The number of nitrogens with two attached hydrogens (primary N) is 1. The lowest BCUT2D eigenvalue weighted by Gasteiger charge is -1.98. The zero-order chi connectivity index (χ0) is 9.26. The van der Waals surface area contributed by atoms with E-state index in [2.05, 4.69) is 10.1 Å². The van der Waals surface area contributed by atoms with E-state index in [-0.39, 0.29) is 6.04 Å². The Balaban J connectivity index is 2.12. The molecule has 4 nitrogen and oxygen atoms in total. The Labute approximate surface area is 81.3 Å². The molecule has 1 aliphatic rings. The van der Waals surface area contributed by atoms with Gasteiger partial charge in [-0.2, -0.15) is 16.7 Å². The summed E-state index contributed by atoms with van der Waals surface area (Å²) in [5, 5.41) is 3.94. The topological polar surface area (TPSA) is 64.9 Å². The Bertz CT molecular complexity index is 281. The van der Waals surface area contributed by atoms with Crippen LogP contribution in [0.25, 0.3) is 0 Å². The van der Waals surface area contributed by atoms with Crippen molar-refractivity contribution in [2.75, 3.05) is 11.5 Å². The fourth-order valence-electron chi connectivity index (χ4n) is 1.34. The SMILES string of the molecule is CC(N)c1nc(C2CCSC2)no1. The fourth-order valence-corrected chi connectivity index (χ4v) is 2.55. The lowest BCUT2D eigenvalue weighted by molar-refractivity contribution is 0.355. The molecule has 1 saturated heterocycles. The molecule has 0 bridgehead atoms. The molecular weight excluding hydrogens is 186 g/mol. The Hall–Kier alpha value is -0.550. The number of hydrogen-bond donors (Lipinski definition) is 1. The normalized spacial score (nSPS) is 24.9. The average molecular weight is 199 g/mol. The summed E-state index contributed by atoms with van der Waals surface area (Å²) in [7, 11) is 0. The minimum Gasteiger partial charge on any atom is -0.338 e. The van der Waals surface area contributed by atoms with Crippen LogP contribution in [0.15, 0.2) is 4.52 Å². The van der Waals surface area contributed by atoms with Gasteiger partial charge in [-0.3, -0.25) is 0 Å². The van der Waals surface area contributed by atoms with Crippen molar-refractivity contribution in [3.05, 3.63) is 11.7 Å². The van der Waals surface area contributed by atoms with Crippen LogP contribution in [0, 0.1) is 0 Å². The first kappa shape index (κ1) is 9.02. The molecule has 1 aromatic heterocycles. The lowest BCUT2D eigenvalue weighted by Crippen LogP contribution is -2.06. The molecule has 2 heterocycles. The van der Waals surface area contributed by atoms with Crippen LogP contribution >= 0.6 is 11.8 Å². The summed E-state index contributed by atoms with van der Waals surface area (Å²) in [4.78, 5) is 4.28. The van der Waals surface area contributed by atoms with Gasteiger partial charge in [-0.15, -0.1) is 0 Å². The predicted molar refractivity (Wildman–Crippen MR) is 51.6 cm³/mol. The van der Waals surface area contributed by atoms with Crippen molar-refractivity contribution in [2.45, 2.75) is 25.3 Å². The Kier molecular flexibility index (Phi) is 2.55. The summed E-state index contributed by atoms with van der Waals surface area (Å²) < 4.78 is 5.04. The van der Waals surface area contributed by atoms with Crippen LogP contribution in [0.1, 0.15) is 37.0 Å². The van der Waals surface area contributed by atoms with Gasteiger partial charge in [0.05, 0.1) is 6.04 Å². The standard InChI is InChI=1S/C8H13N3OS/c1-5(9)8-10-7(11-12-8)6-2-3-13-4-6/h5-6H,2-4,9H2,1H3. The summed E-state index contributed by atoms with van der Waals surface area (Å²) >= 11 is 1.94.